The largest absolute Gasteiger partial charge is 0.490 e. The van der Waals surface area contributed by atoms with Crippen LogP contribution in [0.1, 0.15) is 10.9 Å². The van der Waals surface area contributed by atoms with Gasteiger partial charge >= 0.3 is 0 Å². The van der Waals surface area contributed by atoms with Crippen LogP contribution in [0.25, 0.3) is 0 Å². The summed E-state index contributed by atoms with van der Waals surface area (Å²) in [5.74, 6) is 2.35. The Hall–Kier alpha value is -0.0900. The Morgan fingerprint density at radius 1 is 1.50 bits per heavy atom. The lowest BCUT2D eigenvalue weighted by Crippen LogP contribution is -2.13. The van der Waals surface area contributed by atoms with E-state index in [9.17, 15) is 0 Å². The number of alkyl halides is 1. The Kier molecular flexibility index (Phi) is 4.65. The van der Waals surface area contributed by atoms with Crippen LogP contribution in [-0.2, 0) is 0 Å². The van der Waals surface area contributed by atoms with Crippen molar-refractivity contribution in [1.29, 1.82) is 0 Å². The van der Waals surface area contributed by atoms with Gasteiger partial charge in [0, 0.05) is 17.9 Å². The molecule has 1 saturated heterocycles. The number of hydrogen-bond acceptors (Lipinski definition) is 3. The zero-order chi connectivity index (χ0) is 11.4. The van der Waals surface area contributed by atoms with Crippen LogP contribution in [0, 0.1) is 0 Å². The third-order valence-electron chi connectivity index (χ3n) is 2.32. The molecule has 0 spiro atoms. The minimum atomic E-state index is 0.282. The molecule has 0 bridgehead atoms. The van der Waals surface area contributed by atoms with Crippen molar-refractivity contribution in [3.8, 4) is 5.75 Å². The van der Waals surface area contributed by atoms with Crippen LogP contribution in [0.2, 0.25) is 5.02 Å². The number of nitrogens with one attached hydrogen (secondary N) is 1. The van der Waals surface area contributed by atoms with Crippen LogP contribution < -0.4 is 10.1 Å². The summed E-state index contributed by atoms with van der Waals surface area (Å²) < 4.78 is 5.61. The summed E-state index contributed by atoms with van der Waals surface area (Å²) in [7, 11) is 0. The van der Waals surface area contributed by atoms with Crippen LogP contribution in [0.5, 0.6) is 5.75 Å². The first kappa shape index (κ1) is 12.4. The van der Waals surface area contributed by atoms with E-state index in [-0.39, 0.29) is 5.37 Å². The molecule has 1 aliphatic rings. The predicted molar refractivity (Wildman–Crippen MR) is 70.9 cm³/mol. The predicted octanol–water partition coefficient (Wildman–Crippen LogP) is 3.29. The molecular formula is C11H13Cl2NOS. The lowest BCUT2D eigenvalue weighted by molar-refractivity contribution is 0.338. The topological polar surface area (TPSA) is 21.3 Å². The summed E-state index contributed by atoms with van der Waals surface area (Å²) in [5, 5.41) is 4.34. The van der Waals surface area contributed by atoms with Gasteiger partial charge in [-0.05, 0) is 6.07 Å². The molecule has 0 saturated carbocycles. The number of halogens is 2. The maximum atomic E-state index is 6.14. The number of para-hydroxylation sites is 1. The molecule has 0 amide bonds. The molecule has 1 fully saturated rings. The average Bonchev–Trinajstić information content (AvgIpc) is 2.80. The van der Waals surface area contributed by atoms with E-state index < -0.39 is 0 Å². The van der Waals surface area contributed by atoms with E-state index in [0.717, 1.165) is 23.6 Å². The summed E-state index contributed by atoms with van der Waals surface area (Å²) in [4.78, 5) is 0. The lowest BCUT2D eigenvalue weighted by atomic mass is 10.2. The quantitative estimate of drug-likeness (QED) is 0.854. The Balaban J connectivity index is 2.24. The van der Waals surface area contributed by atoms with Gasteiger partial charge in [0.25, 0.3) is 0 Å². The highest BCUT2D eigenvalue weighted by Crippen LogP contribution is 2.39. The highest BCUT2D eigenvalue weighted by Gasteiger charge is 2.21. The second-order valence-corrected chi connectivity index (χ2v) is 5.40. The minimum Gasteiger partial charge on any atom is -0.490 e. The van der Waals surface area contributed by atoms with E-state index in [4.69, 9.17) is 27.9 Å². The second kappa shape index (κ2) is 6.01. The fraction of sp³-hybridized carbons (Fsp3) is 0.455. The number of hydrogen-bond donors (Lipinski definition) is 1. The second-order valence-electron chi connectivity index (χ2n) is 3.40. The van der Waals surface area contributed by atoms with Gasteiger partial charge < -0.3 is 10.1 Å². The SMILES string of the molecule is ClCCOc1c(Cl)cccc1C1NCCS1. The molecule has 1 heterocycles. The van der Waals surface area contributed by atoms with E-state index in [2.05, 4.69) is 5.32 Å². The van der Waals surface area contributed by atoms with Crippen LogP contribution in [0.4, 0.5) is 0 Å². The van der Waals surface area contributed by atoms with Crippen LogP contribution in [-0.4, -0.2) is 24.8 Å². The third-order valence-corrected chi connectivity index (χ3v) is 3.97. The molecule has 0 aliphatic carbocycles. The van der Waals surface area contributed by atoms with E-state index >= 15 is 0 Å². The Bertz CT molecular complexity index is 356. The van der Waals surface area contributed by atoms with E-state index in [1.54, 1.807) is 0 Å². The molecule has 2 rings (SSSR count). The molecule has 1 aromatic carbocycles. The number of ether oxygens (including phenoxy) is 1. The smallest absolute Gasteiger partial charge is 0.143 e. The summed E-state index contributed by atoms with van der Waals surface area (Å²) in [6.45, 7) is 1.51. The first-order chi connectivity index (χ1) is 7.83. The van der Waals surface area contributed by atoms with Gasteiger partial charge in [-0.2, -0.15) is 0 Å². The molecular weight excluding hydrogens is 265 g/mol. The highest BCUT2D eigenvalue weighted by molar-refractivity contribution is 7.99. The molecule has 1 aliphatic heterocycles. The van der Waals surface area contributed by atoms with Gasteiger partial charge in [0.1, 0.15) is 12.4 Å². The molecule has 1 unspecified atom stereocenters. The zero-order valence-corrected chi connectivity index (χ0v) is 11.0. The summed E-state index contributed by atoms with van der Waals surface area (Å²) in [6, 6.07) is 5.84. The molecule has 0 radical (unpaired) electrons. The van der Waals surface area contributed by atoms with Crippen molar-refractivity contribution in [2.75, 3.05) is 24.8 Å². The lowest BCUT2D eigenvalue weighted by Gasteiger charge is -2.16. The molecule has 88 valence electrons. The Labute approximate surface area is 110 Å². The van der Waals surface area contributed by atoms with Crippen molar-refractivity contribution in [1.82, 2.24) is 5.32 Å². The van der Waals surface area contributed by atoms with Crippen molar-refractivity contribution < 1.29 is 4.74 Å². The van der Waals surface area contributed by atoms with Crippen molar-refractivity contribution in [3.05, 3.63) is 28.8 Å². The van der Waals surface area contributed by atoms with Crippen molar-refractivity contribution in [2.45, 2.75) is 5.37 Å². The van der Waals surface area contributed by atoms with Crippen LogP contribution in [0.3, 0.4) is 0 Å². The van der Waals surface area contributed by atoms with Gasteiger partial charge in [0.15, 0.2) is 0 Å². The minimum absolute atomic E-state index is 0.282. The Morgan fingerprint density at radius 2 is 2.38 bits per heavy atom. The number of thioether (sulfide) groups is 1. The molecule has 16 heavy (non-hydrogen) atoms. The van der Waals surface area contributed by atoms with Gasteiger partial charge in [0.05, 0.1) is 16.3 Å². The van der Waals surface area contributed by atoms with Crippen LogP contribution >= 0.6 is 35.0 Å². The van der Waals surface area contributed by atoms with Crippen molar-refractivity contribution in [2.24, 2.45) is 0 Å². The number of rotatable bonds is 4. The molecule has 5 heteroatoms. The summed E-state index contributed by atoms with van der Waals surface area (Å²) in [6.07, 6.45) is 0. The fourth-order valence-corrected chi connectivity index (χ4v) is 3.04. The van der Waals surface area contributed by atoms with Gasteiger partial charge in [-0.15, -0.1) is 23.4 Å². The monoisotopic (exact) mass is 277 g/mol. The van der Waals surface area contributed by atoms with Crippen LogP contribution in [0.15, 0.2) is 18.2 Å². The summed E-state index contributed by atoms with van der Waals surface area (Å²) in [5.41, 5.74) is 1.11. The standard InChI is InChI=1S/C11H13Cl2NOS/c12-4-6-15-10-8(2-1-3-9(10)13)11-14-5-7-16-11/h1-3,11,14H,4-7H2. The molecule has 0 aromatic heterocycles. The molecule has 1 atom stereocenters. The fourth-order valence-electron chi connectivity index (χ4n) is 1.65. The molecule has 1 aromatic rings. The maximum absolute atomic E-state index is 6.14. The van der Waals surface area contributed by atoms with Gasteiger partial charge in [-0.3, -0.25) is 0 Å². The van der Waals surface area contributed by atoms with Gasteiger partial charge in [-0.25, -0.2) is 0 Å². The Morgan fingerprint density at radius 3 is 3.06 bits per heavy atom. The molecule has 1 N–H and O–H groups in total. The maximum Gasteiger partial charge on any atom is 0.143 e. The van der Waals surface area contributed by atoms with E-state index in [1.807, 2.05) is 30.0 Å². The van der Waals surface area contributed by atoms with E-state index in [1.165, 1.54) is 0 Å². The molecule has 2 nitrogen and oxygen atoms in total. The van der Waals surface area contributed by atoms with Gasteiger partial charge in [-0.1, -0.05) is 23.7 Å². The zero-order valence-electron chi connectivity index (χ0n) is 8.71. The highest BCUT2D eigenvalue weighted by atomic mass is 35.5. The van der Waals surface area contributed by atoms with E-state index in [0.29, 0.717) is 17.5 Å². The first-order valence-corrected chi connectivity index (χ1v) is 7.11. The van der Waals surface area contributed by atoms with Crippen molar-refractivity contribution >= 4 is 35.0 Å². The third kappa shape index (κ3) is 2.77. The van der Waals surface area contributed by atoms with Gasteiger partial charge in [0.2, 0.25) is 0 Å². The number of benzene rings is 1. The first-order valence-electron chi connectivity index (χ1n) is 5.15. The normalized spacial score (nSPS) is 20.0. The van der Waals surface area contributed by atoms with Crippen molar-refractivity contribution in [3.63, 3.8) is 0 Å². The average molecular weight is 278 g/mol. The summed E-state index contributed by atoms with van der Waals surface area (Å²) >= 11 is 13.6.